The van der Waals surface area contributed by atoms with Gasteiger partial charge in [-0.05, 0) is 24.7 Å². The maximum atomic E-state index is 8.76. The van der Waals surface area contributed by atoms with E-state index in [9.17, 15) is 0 Å². The maximum absolute atomic E-state index is 8.76. The van der Waals surface area contributed by atoms with E-state index in [2.05, 4.69) is 17.9 Å². The molecule has 1 saturated carbocycles. The lowest BCUT2D eigenvalue weighted by Gasteiger charge is -2.28. The molecule has 0 amide bonds. The van der Waals surface area contributed by atoms with Crippen molar-refractivity contribution in [2.75, 3.05) is 13.2 Å². The highest BCUT2D eigenvalue weighted by atomic mass is 16.5. The standard InChI is InChI=1S/C20H40O2.C4H6O/c21-17-9-5-1-3-7-11-19-13-15-20(16-14-19)12-8-4-2-6-10-18-22;1-3-5-4-2/h19-22H,1-18H2;3-4H,1-2H2. The van der Waals surface area contributed by atoms with E-state index in [1.54, 1.807) is 0 Å². The topological polar surface area (TPSA) is 49.7 Å². The third-order valence-corrected chi connectivity index (χ3v) is 5.70. The zero-order valence-corrected chi connectivity index (χ0v) is 17.8. The monoisotopic (exact) mass is 382 g/mol. The molecule has 0 aromatic heterocycles. The second-order valence-electron chi connectivity index (χ2n) is 7.92. The predicted molar refractivity (Wildman–Crippen MR) is 117 cm³/mol. The first kappa shape index (κ1) is 26.2. The van der Waals surface area contributed by atoms with Crippen LogP contribution in [0.1, 0.15) is 103 Å². The van der Waals surface area contributed by atoms with Crippen LogP contribution < -0.4 is 0 Å². The minimum atomic E-state index is 0.367. The molecule has 0 aliphatic heterocycles. The zero-order chi connectivity index (χ0) is 20.0. The summed E-state index contributed by atoms with van der Waals surface area (Å²) in [5, 5.41) is 17.5. The fraction of sp³-hybridized carbons (Fsp3) is 0.833. The summed E-state index contributed by atoms with van der Waals surface area (Å²) in [6, 6.07) is 0. The van der Waals surface area contributed by atoms with Crippen molar-refractivity contribution >= 4 is 0 Å². The maximum Gasteiger partial charge on any atom is 0.0829 e. The smallest absolute Gasteiger partial charge is 0.0829 e. The molecule has 0 aromatic carbocycles. The molecule has 1 aliphatic carbocycles. The molecular weight excluding hydrogens is 336 g/mol. The highest BCUT2D eigenvalue weighted by Crippen LogP contribution is 2.34. The molecular formula is C24H46O3. The second kappa shape index (κ2) is 21.5. The lowest BCUT2D eigenvalue weighted by Crippen LogP contribution is -2.14. The minimum absolute atomic E-state index is 0.367. The van der Waals surface area contributed by atoms with E-state index < -0.39 is 0 Å². The van der Waals surface area contributed by atoms with Gasteiger partial charge in [0.2, 0.25) is 0 Å². The van der Waals surface area contributed by atoms with Crippen molar-refractivity contribution in [1.29, 1.82) is 0 Å². The first-order chi connectivity index (χ1) is 13.3. The van der Waals surface area contributed by atoms with Gasteiger partial charge in [0.05, 0.1) is 12.5 Å². The Labute approximate surface area is 168 Å². The van der Waals surface area contributed by atoms with Gasteiger partial charge in [0.1, 0.15) is 0 Å². The van der Waals surface area contributed by atoms with E-state index >= 15 is 0 Å². The Bertz CT molecular complexity index is 279. The molecule has 0 atom stereocenters. The average molecular weight is 383 g/mol. The van der Waals surface area contributed by atoms with Crippen LogP contribution in [0.2, 0.25) is 0 Å². The number of aliphatic hydroxyl groups is 2. The van der Waals surface area contributed by atoms with Gasteiger partial charge in [-0.3, -0.25) is 0 Å². The fourth-order valence-electron chi connectivity index (χ4n) is 4.03. The van der Waals surface area contributed by atoms with Crippen LogP contribution in [-0.4, -0.2) is 23.4 Å². The molecule has 1 aliphatic rings. The lowest BCUT2D eigenvalue weighted by atomic mass is 9.78. The summed E-state index contributed by atoms with van der Waals surface area (Å²) < 4.78 is 4.36. The Morgan fingerprint density at radius 2 is 0.926 bits per heavy atom. The Kier molecular flexibility index (Phi) is 20.9. The van der Waals surface area contributed by atoms with Crippen molar-refractivity contribution in [2.45, 2.75) is 103 Å². The van der Waals surface area contributed by atoms with Crippen molar-refractivity contribution in [3.8, 4) is 0 Å². The Morgan fingerprint density at radius 3 is 1.22 bits per heavy atom. The van der Waals surface area contributed by atoms with E-state index in [4.69, 9.17) is 10.2 Å². The van der Waals surface area contributed by atoms with E-state index in [1.807, 2.05) is 0 Å². The summed E-state index contributed by atoms with van der Waals surface area (Å²) >= 11 is 0. The summed E-state index contributed by atoms with van der Waals surface area (Å²) in [7, 11) is 0. The van der Waals surface area contributed by atoms with Crippen LogP contribution in [0.25, 0.3) is 0 Å². The Hall–Kier alpha value is -0.800. The average Bonchev–Trinajstić information content (AvgIpc) is 2.69. The van der Waals surface area contributed by atoms with E-state index in [-0.39, 0.29) is 0 Å². The molecule has 160 valence electrons. The molecule has 3 heteroatoms. The lowest BCUT2D eigenvalue weighted by molar-refractivity contribution is 0.242. The van der Waals surface area contributed by atoms with Crippen LogP contribution in [0.15, 0.2) is 25.7 Å². The predicted octanol–water partition coefficient (Wildman–Crippen LogP) is 6.75. The van der Waals surface area contributed by atoms with Crippen molar-refractivity contribution in [3.63, 3.8) is 0 Å². The highest BCUT2D eigenvalue weighted by Gasteiger charge is 2.20. The summed E-state index contributed by atoms with van der Waals surface area (Å²) in [6.07, 6.45) is 24.0. The molecule has 0 spiro atoms. The first-order valence-electron chi connectivity index (χ1n) is 11.4. The molecule has 0 unspecified atom stereocenters. The molecule has 27 heavy (non-hydrogen) atoms. The van der Waals surface area contributed by atoms with Gasteiger partial charge in [0.15, 0.2) is 0 Å². The van der Waals surface area contributed by atoms with Crippen LogP contribution in [0.4, 0.5) is 0 Å². The molecule has 0 saturated heterocycles. The van der Waals surface area contributed by atoms with Crippen LogP contribution in [-0.2, 0) is 4.74 Å². The van der Waals surface area contributed by atoms with Crippen molar-refractivity contribution in [2.24, 2.45) is 11.8 Å². The minimum Gasteiger partial charge on any atom is -0.474 e. The molecule has 0 bridgehead atoms. The SMILES string of the molecule is C=COC=C.OCCCCCCCC1CCC(CCCCCCCO)CC1. The van der Waals surface area contributed by atoms with Crippen molar-refractivity contribution in [1.82, 2.24) is 0 Å². The zero-order valence-electron chi connectivity index (χ0n) is 17.8. The number of hydrogen-bond acceptors (Lipinski definition) is 3. The summed E-state index contributed by atoms with van der Waals surface area (Å²) in [5.74, 6) is 2.03. The van der Waals surface area contributed by atoms with E-state index in [0.29, 0.717) is 13.2 Å². The van der Waals surface area contributed by atoms with Crippen molar-refractivity contribution < 1.29 is 14.9 Å². The van der Waals surface area contributed by atoms with E-state index in [0.717, 1.165) is 24.7 Å². The van der Waals surface area contributed by atoms with Gasteiger partial charge in [0, 0.05) is 13.2 Å². The third kappa shape index (κ3) is 18.3. The molecule has 0 heterocycles. The van der Waals surface area contributed by atoms with Crippen LogP contribution >= 0.6 is 0 Å². The Morgan fingerprint density at radius 1 is 0.593 bits per heavy atom. The van der Waals surface area contributed by atoms with E-state index in [1.165, 1.54) is 102 Å². The number of unbranched alkanes of at least 4 members (excludes halogenated alkanes) is 8. The van der Waals surface area contributed by atoms with Crippen LogP contribution in [0, 0.1) is 11.8 Å². The van der Waals surface area contributed by atoms with Crippen molar-refractivity contribution in [3.05, 3.63) is 25.7 Å². The first-order valence-corrected chi connectivity index (χ1v) is 11.4. The van der Waals surface area contributed by atoms with Crippen LogP contribution in [0.3, 0.4) is 0 Å². The summed E-state index contributed by atoms with van der Waals surface area (Å²) in [4.78, 5) is 0. The Balaban J connectivity index is 0.00000119. The summed E-state index contributed by atoms with van der Waals surface area (Å²) in [6.45, 7) is 7.25. The molecule has 2 N–H and O–H groups in total. The van der Waals surface area contributed by atoms with Crippen LogP contribution in [0.5, 0.6) is 0 Å². The normalized spacial score (nSPS) is 19.0. The van der Waals surface area contributed by atoms with Gasteiger partial charge < -0.3 is 14.9 Å². The number of aliphatic hydroxyl groups excluding tert-OH is 2. The molecule has 3 nitrogen and oxygen atoms in total. The quantitative estimate of drug-likeness (QED) is 0.229. The van der Waals surface area contributed by atoms with Gasteiger partial charge in [0.25, 0.3) is 0 Å². The molecule has 1 fully saturated rings. The molecule has 0 aromatic rings. The van der Waals surface area contributed by atoms with Gasteiger partial charge in [-0.1, -0.05) is 103 Å². The summed E-state index contributed by atoms with van der Waals surface area (Å²) in [5.41, 5.74) is 0. The second-order valence-corrected chi connectivity index (χ2v) is 7.92. The number of rotatable bonds is 16. The number of hydrogen-bond donors (Lipinski definition) is 2. The highest BCUT2D eigenvalue weighted by molar-refractivity contribution is 4.73. The largest absolute Gasteiger partial charge is 0.474 e. The molecule has 0 radical (unpaired) electrons. The van der Waals surface area contributed by atoms with Gasteiger partial charge in [-0.25, -0.2) is 0 Å². The number of ether oxygens (including phenoxy) is 1. The van der Waals surface area contributed by atoms with Gasteiger partial charge in [-0.15, -0.1) is 0 Å². The fourth-order valence-corrected chi connectivity index (χ4v) is 4.03. The molecule has 1 rings (SSSR count). The van der Waals surface area contributed by atoms with Gasteiger partial charge >= 0.3 is 0 Å². The third-order valence-electron chi connectivity index (χ3n) is 5.70. The van der Waals surface area contributed by atoms with Gasteiger partial charge in [-0.2, -0.15) is 0 Å².